The Hall–Kier alpha value is -1.79. The van der Waals surface area contributed by atoms with E-state index in [0.717, 1.165) is 5.56 Å². The first kappa shape index (κ1) is 13.3. The first-order chi connectivity index (χ1) is 7.78. The standard InChI is InChI=1S/C14H16O3/c1-10-5-6-13(17-11(2)15)12(9-10)7-8-14(3,4)16/h5-6,9,16H,1-4H3. The number of carbonyl (C=O) groups is 1. The van der Waals surface area contributed by atoms with Crippen LogP contribution in [0.1, 0.15) is 31.9 Å². The molecule has 0 atom stereocenters. The smallest absolute Gasteiger partial charge is 0.308 e. The Labute approximate surface area is 101 Å². The number of hydrogen-bond donors (Lipinski definition) is 1. The predicted octanol–water partition coefficient (Wildman–Crippen LogP) is 2.04. The van der Waals surface area contributed by atoms with Crippen LogP contribution in [0.4, 0.5) is 0 Å². The lowest BCUT2D eigenvalue weighted by Crippen LogP contribution is -2.14. The number of benzene rings is 1. The summed E-state index contributed by atoms with van der Waals surface area (Å²) >= 11 is 0. The summed E-state index contributed by atoms with van der Waals surface area (Å²) in [4.78, 5) is 10.9. The van der Waals surface area contributed by atoms with Gasteiger partial charge in [-0.3, -0.25) is 4.79 Å². The van der Waals surface area contributed by atoms with Gasteiger partial charge in [0.1, 0.15) is 11.4 Å². The largest absolute Gasteiger partial charge is 0.425 e. The molecular weight excluding hydrogens is 216 g/mol. The number of hydrogen-bond acceptors (Lipinski definition) is 3. The zero-order valence-electron chi connectivity index (χ0n) is 10.5. The molecule has 1 aromatic carbocycles. The molecule has 0 heterocycles. The minimum atomic E-state index is -1.07. The highest BCUT2D eigenvalue weighted by atomic mass is 16.5. The van der Waals surface area contributed by atoms with Crippen LogP contribution in [0.15, 0.2) is 18.2 Å². The number of aryl methyl sites for hydroxylation is 1. The molecule has 0 aliphatic carbocycles. The van der Waals surface area contributed by atoms with E-state index in [1.54, 1.807) is 19.9 Å². The molecule has 1 N–H and O–H groups in total. The van der Waals surface area contributed by atoms with Crippen LogP contribution < -0.4 is 4.74 Å². The zero-order valence-corrected chi connectivity index (χ0v) is 10.5. The molecule has 3 heteroatoms. The maximum absolute atomic E-state index is 10.9. The highest BCUT2D eigenvalue weighted by molar-refractivity contribution is 5.70. The number of rotatable bonds is 1. The molecule has 0 spiro atoms. The van der Waals surface area contributed by atoms with E-state index in [2.05, 4.69) is 11.8 Å². The second kappa shape index (κ2) is 5.03. The van der Waals surface area contributed by atoms with E-state index in [1.165, 1.54) is 6.92 Å². The van der Waals surface area contributed by atoms with Crippen LogP contribution in [-0.2, 0) is 4.79 Å². The molecule has 0 saturated carbocycles. The number of carbonyl (C=O) groups excluding carboxylic acids is 1. The van der Waals surface area contributed by atoms with Gasteiger partial charge in [0, 0.05) is 6.92 Å². The molecule has 0 bridgehead atoms. The molecule has 0 aliphatic rings. The van der Waals surface area contributed by atoms with E-state index in [1.807, 2.05) is 19.1 Å². The van der Waals surface area contributed by atoms with Crippen molar-refractivity contribution < 1.29 is 14.6 Å². The Morgan fingerprint density at radius 1 is 1.41 bits per heavy atom. The van der Waals surface area contributed by atoms with Crippen molar-refractivity contribution in [2.45, 2.75) is 33.3 Å². The quantitative estimate of drug-likeness (QED) is 0.458. The van der Waals surface area contributed by atoms with Crippen LogP contribution >= 0.6 is 0 Å². The molecule has 1 rings (SSSR count). The van der Waals surface area contributed by atoms with Gasteiger partial charge in [-0.1, -0.05) is 17.9 Å². The van der Waals surface area contributed by atoms with Crippen molar-refractivity contribution in [1.82, 2.24) is 0 Å². The van der Waals surface area contributed by atoms with Crippen molar-refractivity contribution in [3.05, 3.63) is 29.3 Å². The van der Waals surface area contributed by atoms with Gasteiger partial charge in [0.05, 0.1) is 5.56 Å². The van der Waals surface area contributed by atoms with E-state index < -0.39 is 5.60 Å². The average Bonchev–Trinajstić information content (AvgIpc) is 2.16. The van der Waals surface area contributed by atoms with Crippen molar-refractivity contribution in [2.75, 3.05) is 0 Å². The molecular formula is C14H16O3. The van der Waals surface area contributed by atoms with Crippen LogP contribution in [0.5, 0.6) is 5.75 Å². The van der Waals surface area contributed by atoms with Gasteiger partial charge in [0.15, 0.2) is 0 Å². The van der Waals surface area contributed by atoms with E-state index >= 15 is 0 Å². The third-order valence-corrected chi connectivity index (χ3v) is 1.89. The molecule has 1 aromatic rings. The summed E-state index contributed by atoms with van der Waals surface area (Å²) in [5.41, 5.74) is 0.542. The highest BCUT2D eigenvalue weighted by Crippen LogP contribution is 2.19. The van der Waals surface area contributed by atoms with E-state index in [9.17, 15) is 9.90 Å². The van der Waals surface area contributed by atoms with Crippen LogP contribution in [0.3, 0.4) is 0 Å². The fraction of sp³-hybridized carbons (Fsp3) is 0.357. The lowest BCUT2D eigenvalue weighted by atomic mass is 10.1. The van der Waals surface area contributed by atoms with Gasteiger partial charge in [-0.2, -0.15) is 0 Å². The molecule has 0 amide bonds. The van der Waals surface area contributed by atoms with Crippen molar-refractivity contribution >= 4 is 5.97 Å². The summed E-state index contributed by atoms with van der Waals surface area (Å²) in [6.45, 7) is 6.46. The van der Waals surface area contributed by atoms with Crippen LogP contribution in [0, 0.1) is 18.8 Å². The molecule has 0 aromatic heterocycles. The highest BCUT2D eigenvalue weighted by Gasteiger charge is 2.08. The van der Waals surface area contributed by atoms with Gasteiger partial charge in [0.25, 0.3) is 0 Å². The lowest BCUT2D eigenvalue weighted by Gasteiger charge is -2.08. The summed E-state index contributed by atoms with van der Waals surface area (Å²) in [6, 6.07) is 5.36. The summed E-state index contributed by atoms with van der Waals surface area (Å²) in [5, 5.41) is 9.54. The molecule has 0 aliphatic heterocycles. The van der Waals surface area contributed by atoms with Crippen LogP contribution in [0.25, 0.3) is 0 Å². The van der Waals surface area contributed by atoms with Gasteiger partial charge in [-0.25, -0.2) is 0 Å². The SMILES string of the molecule is CC(=O)Oc1ccc(C)cc1C#CC(C)(C)O. The number of aliphatic hydroxyl groups is 1. The van der Waals surface area contributed by atoms with Crippen molar-refractivity contribution in [1.29, 1.82) is 0 Å². The Morgan fingerprint density at radius 2 is 2.06 bits per heavy atom. The predicted molar refractivity (Wildman–Crippen MR) is 65.7 cm³/mol. The normalized spacial score (nSPS) is 10.4. The summed E-state index contributed by atoms with van der Waals surface area (Å²) in [6.07, 6.45) is 0. The van der Waals surface area contributed by atoms with E-state index in [0.29, 0.717) is 11.3 Å². The third-order valence-electron chi connectivity index (χ3n) is 1.89. The third kappa shape index (κ3) is 4.71. The summed E-state index contributed by atoms with van der Waals surface area (Å²) in [7, 11) is 0. The summed E-state index contributed by atoms with van der Waals surface area (Å²) in [5.74, 6) is 5.54. The maximum atomic E-state index is 10.9. The minimum Gasteiger partial charge on any atom is -0.425 e. The number of esters is 1. The molecule has 3 nitrogen and oxygen atoms in total. The van der Waals surface area contributed by atoms with Crippen LogP contribution in [-0.4, -0.2) is 16.7 Å². The fourth-order valence-electron chi connectivity index (χ4n) is 1.21. The zero-order chi connectivity index (χ0) is 13.1. The van der Waals surface area contributed by atoms with E-state index in [4.69, 9.17) is 4.74 Å². The summed E-state index contributed by atoms with van der Waals surface area (Å²) < 4.78 is 5.04. The second-order valence-electron chi connectivity index (χ2n) is 4.40. The van der Waals surface area contributed by atoms with Crippen molar-refractivity contribution in [3.63, 3.8) is 0 Å². The molecule has 0 saturated heterocycles. The van der Waals surface area contributed by atoms with Gasteiger partial charge in [0.2, 0.25) is 0 Å². The average molecular weight is 232 g/mol. The lowest BCUT2D eigenvalue weighted by molar-refractivity contribution is -0.131. The Balaban J connectivity index is 3.14. The maximum Gasteiger partial charge on any atom is 0.308 e. The molecule has 0 unspecified atom stereocenters. The fourth-order valence-corrected chi connectivity index (χ4v) is 1.21. The molecule has 0 radical (unpaired) electrons. The van der Waals surface area contributed by atoms with Gasteiger partial charge >= 0.3 is 5.97 Å². The first-order valence-electron chi connectivity index (χ1n) is 5.32. The Bertz CT molecular complexity index is 484. The second-order valence-corrected chi connectivity index (χ2v) is 4.40. The van der Waals surface area contributed by atoms with Crippen molar-refractivity contribution in [3.8, 4) is 17.6 Å². The van der Waals surface area contributed by atoms with Crippen LogP contribution in [0.2, 0.25) is 0 Å². The van der Waals surface area contributed by atoms with Gasteiger partial charge in [-0.05, 0) is 38.5 Å². The van der Waals surface area contributed by atoms with Crippen molar-refractivity contribution in [2.24, 2.45) is 0 Å². The minimum absolute atomic E-state index is 0.389. The van der Waals surface area contributed by atoms with Gasteiger partial charge in [-0.15, -0.1) is 0 Å². The topological polar surface area (TPSA) is 46.5 Å². The van der Waals surface area contributed by atoms with E-state index in [-0.39, 0.29) is 5.97 Å². The first-order valence-corrected chi connectivity index (χ1v) is 5.32. The Morgan fingerprint density at radius 3 is 2.59 bits per heavy atom. The molecule has 17 heavy (non-hydrogen) atoms. The Kier molecular flexibility index (Phi) is 3.93. The monoisotopic (exact) mass is 232 g/mol. The molecule has 0 fully saturated rings. The number of ether oxygens (including phenoxy) is 1. The molecule has 90 valence electrons. The van der Waals surface area contributed by atoms with Gasteiger partial charge < -0.3 is 9.84 Å².